The van der Waals surface area contributed by atoms with E-state index < -0.39 is 0 Å². The third-order valence-electron chi connectivity index (χ3n) is 4.24. The largest absolute Gasteiger partial charge is 0.497 e. The highest BCUT2D eigenvalue weighted by molar-refractivity contribution is 5.84. The zero-order valence-electron chi connectivity index (χ0n) is 13.7. The summed E-state index contributed by atoms with van der Waals surface area (Å²) in [4.78, 5) is 28.3. The Balaban J connectivity index is 2.45. The van der Waals surface area contributed by atoms with E-state index in [9.17, 15) is 9.59 Å². The first kappa shape index (κ1) is 16.3. The number of rotatable bonds is 4. The van der Waals surface area contributed by atoms with Gasteiger partial charge in [-0.15, -0.1) is 0 Å². The summed E-state index contributed by atoms with van der Waals surface area (Å²) in [7, 11) is 5.14. The lowest BCUT2D eigenvalue weighted by atomic mass is 9.83. The quantitative estimate of drug-likeness (QED) is 0.856. The van der Waals surface area contributed by atoms with Crippen molar-refractivity contribution in [3.8, 4) is 5.75 Å². The molecule has 2 rings (SSSR count). The second kappa shape index (κ2) is 6.81. The van der Waals surface area contributed by atoms with Crippen LogP contribution in [-0.2, 0) is 9.59 Å². The number of carbonyl (C=O) groups is 2. The van der Waals surface area contributed by atoms with Crippen LogP contribution >= 0.6 is 0 Å². The Morgan fingerprint density at radius 2 is 2.14 bits per heavy atom. The molecule has 0 aliphatic carbocycles. The Labute approximate surface area is 131 Å². The van der Waals surface area contributed by atoms with E-state index in [0.29, 0.717) is 19.4 Å². The second-order valence-corrected chi connectivity index (χ2v) is 5.78. The number of methoxy groups -OCH3 is 1. The molecule has 0 unspecified atom stereocenters. The zero-order valence-corrected chi connectivity index (χ0v) is 13.7. The average Bonchev–Trinajstić information content (AvgIpc) is 2.53. The third-order valence-corrected chi connectivity index (χ3v) is 4.24. The van der Waals surface area contributed by atoms with Gasteiger partial charge in [-0.25, -0.2) is 0 Å². The lowest BCUT2D eigenvalue weighted by Gasteiger charge is -2.41. The maximum atomic E-state index is 12.6. The molecule has 1 aliphatic heterocycles. The molecule has 0 bridgehead atoms. The van der Waals surface area contributed by atoms with Crippen molar-refractivity contribution in [2.75, 3.05) is 27.7 Å². The second-order valence-electron chi connectivity index (χ2n) is 5.78. The molecule has 1 aromatic rings. The molecule has 1 saturated heterocycles. The van der Waals surface area contributed by atoms with Gasteiger partial charge in [0.25, 0.3) is 0 Å². The van der Waals surface area contributed by atoms with Crippen molar-refractivity contribution in [1.82, 2.24) is 9.80 Å². The minimum atomic E-state index is -0.226. The van der Waals surface area contributed by atoms with Crippen LogP contribution in [0.5, 0.6) is 5.75 Å². The molecule has 0 N–H and O–H groups in total. The smallest absolute Gasteiger partial charge is 0.227 e. The fourth-order valence-electron chi connectivity index (χ4n) is 3.15. The highest BCUT2D eigenvalue weighted by Crippen LogP contribution is 2.38. The number of likely N-dealkylation sites (tertiary alicyclic amines) is 1. The molecule has 0 spiro atoms. The summed E-state index contributed by atoms with van der Waals surface area (Å²) in [5, 5.41) is 0. The molecular formula is C17H24N2O3. The minimum absolute atomic E-state index is 0.0683. The van der Waals surface area contributed by atoms with Crippen LogP contribution < -0.4 is 4.74 Å². The first-order valence-electron chi connectivity index (χ1n) is 7.64. The molecule has 1 aromatic carbocycles. The van der Waals surface area contributed by atoms with Crippen LogP contribution in [0.2, 0.25) is 0 Å². The Morgan fingerprint density at radius 3 is 2.73 bits per heavy atom. The van der Waals surface area contributed by atoms with Crippen molar-refractivity contribution >= 4 is 11.8 Å². The lowest BCUT2D eigenvalue weighted by molar-refractivity contribution is -0.146. The Hall–Kier alpha value is -2.04. The fourth-order valence-corrected chi connectivity index (χ4v) is 3.15. The Morgan fingerprint density at radius 1 is 1.41 bits per heavy atom. The minimum Gasteiger partial charge on any atom is -0.497 e. The summed E-state index contributed by atoms with van der Waals surface area (Å²) < 4.78 is 5.29. The van der Waals surface area contributed by atoms with Gasteiger partial charge in [-0.1, -0.05) is 12.1 Å². The van der Waals surface area contributed by atoms with Crippen LogP contribution in [0.1, 0.15) is 31.4 Å². The summed E-state index contributed by atoms with van der Waals surface area (Å²) in [6.07, 6.45) is 1.02. The van der Waals surface area contributed by atoms with Gasteiger partial charge in [0, 0.05) is 27.1 Å². The number of nitrogens with zero attached hydrogens (tertiary/aromatic N) is 2. The standard InChI is InChI=1S/C17H24N2O3/c1-5-19-15(20)10-9-14(17(21)18(2)3)16(19)12-7-6-8-13(11-12)22-4/h6-8,11,14,16H,5,9-10H2,1-4H3/t14-,16+/m1/s1. The molecule has 2 atom stereocenters. The van der Waals surface area contributed by atoms with Crippen LogP contribution in [0.15, 0.2) is 24.3 Å². The summed E-state index contributed by atoms with van der Waals surface area (Å²) in [6, 6.07) is 7.42. The van der Waals surface area contributed by atoms with Crippen LogP contribution in [-0.4, -0.2) is 49.4 Å². The van der Waals surface area contributed by atoms with Gasteiger partial charge < -0.3 is 14.5 Å². The maximum Gasteiger partial charge on any atom is 0.227 e. The highest BCUT2D eigenvalue weighted by atomic mass is 16.5. The van der Waals surface area contributed by atoms with E-state index in [0.717, 1.165) is 11.3 Å². The molecule has 120 valence electrons. The lowest BCUT2D eigenvalue weighted by Crippen LogP contribution is -2.47. The van der Waals surface area contributed by atoms with Crippen LogP contribution in [0, 0.1) is 5.92 Å². The number of piperidine rings is 1. The monoisotopic (exact) mass is 304 g/mol. The number of carbonyl (C=O) groups excluding carboxylic acids is 2. The molecule has 1 heterocycles. The van der Waals surface area contributed by atoms with Crippen molar-refractivity contribution in [3.05, 3.63) is 29.8 Å². The Bertz CT molecular complexity index is 557. The number of hydrogen-bond acceptors (Lipinski definition) is 3. The molecule has 22 heavy (non-hydrogen) atoms. The number of amides is 2. The van der Waals surface area contributed by atoms with Gasteiger partial charge >= 0.3 is 0 Å². The number of hydrogen-bond donors (Lipinski definition) is 0. The molecule has 1 aliphatic rings. The van der Waals surface area contributed by atoms with Crippen molar-refractivity contribution < 1.29 is 14.3 Å². The first-order chi connectivity index (χ1) is 10.5. The molecular weight excluding hydrogens is 280 g/mol. The SMILES string of the molecule is CCN1C(=O)CC[C@@H](C(=O)N(C)C)[C@@H]1c1cccc(OC)c1. The first-order valence-corrected chi connectivity index (χ1v) is 7.64. The molecule has 0 saturated carbocycles. The number of ether oxygens (including phenoxy) is 1. The summed E-state index contributed by atoms with van der Waals surface area (Å²) in [5.74, 6) is 0.708. The topological polar surface area (TPSA) is 49.9 Å². The fraction of sp³-hybridized carbons (Fsp3) is 0.529. The van der Waals surface area contributed by atoms with Crippen LogP contribution in [0.25, 0.3) is 0 Å². The maximum absolute atomic E-state index is 12.6. The average molecular weight is 304 g/mol. The van der Waals surface area contributed by atoms with E-state index in [4.69, 9.17) is 4.74 Å². The van der Waals surface area contributed by atoms with E-state index in [1.807, 2.05) is 36.1 Å². The van der Waals surface area contributed by atoms with Gasteiger partial charge in [-0.05, 0) is 31.0 Å². The summed E-state index contributed by atoms with van der Waals surface area (Å²) >= 11 is 0. The molecule has 2 amide bonds. The Kier molecular flexibility index (Phi) is 5.06. The number of benzene rings is 1. The summed E-state index contributed by atoms with van der Waals surface area (Å²) in [6.45, 7) is 2.55. The third kappa shape index (κ3) is 3.08. The molecule has 5 nitrogen and oxygen atoms in total. The van der Waals surface area contributed by atoms with Gasteiger partial charge in [-0.2, -0.15) is 0 Å². The van der Waals surface area contributed by atoms with Crippen molar-refractivity contribution in [2.24, 2.45) is 5.92 Å². The van der Waals surface area contributed by atoms with Crippen molar-refractivity contribution in [1.29, 1.82) is 0 Å². The van der Waals surface area contributed by atoms with E-state index >= 15 is 0 Å². The van der Waals surface area contributed by atoms with E-state index in [1.54, 1.807) is 26.1 Å². The predicted octanol–water partition coefficient (Wildman–Crippen LogP) is 2.08. The summed E-state index contributed by atoms with van der Waals surface area (Å²) in [5.41, 5.74) is 0.953. The molecule has 0 radical (unpaired) electrons. The van der Waals surface area contributed by atoms with Gasteiger partial charge in [-0.3, -0.25) is 9.59 Å². The molecule has 5 heteroatoms. The molecule has 0 aromatic heterocycles. The van der Waals surface area contributed by atoms with E-state index in [-0.39, 0.29) is 23.8 Å². The van der Waals surface area contributed by atoms with Crippen LogP contribution in [0.3, 0.4) is 0 Å². The van der Waals surface area contributed by atoms with E-state index in [2.05, 4.69) is 0 Å². The van der Waals surface area contributed by atoms with Gasteiger partial charge in [0.05, 0.1) is 19.1 Å². The van der Waals surface area contributed by atoms with Gasteiger partial charge in [0.15, 0.2) is 0 Å². The van der Waals surface area contributed by atoms with Crippen molar-refractivity contribution in [2.45, 2.75) is 25.8 Å². The predicted molar refractivity (Wildman–Crippen MR) is 84.5 cm³/mol. The van der Waals surface area contributed by atoms with Crippen molar-refractivity contribution in [3.63, 3.8) is 0 Å². The van der Waals surface area contributed by atoms with E-state index in [1.165, 1.54) is 0 Å². The van der Waals surface area contributed by atoms with Gasteiger partial charge in [0.1, 0.15) is 5.75 Å². The molecule has 1 fully saturated rings. The normalized spacial score (nSPS) is 21.6. The van der Waals surface area contributed by atoms with Crippen LogP contribution in [0.4, 0.5) is 0 Å². The zero-order chi connectivity index (χ0) is 16.3. The highest BCUT2D eigenvalue weighted by Gasteiger charge is 2.40. The van der Waals surface area contributed by atoms with Gasteiger partial charge in [0.2, 0.25) is 11.8 Å².